The first kappa shape index (κ1) is 10.2. The van der Waals surface area contributed by atoms with E-state index in [9.17, 15) is 0 Å². The van der Waals surface area contributed by atoms with Crippen molar-refractivity contribution < 1.29 is 0 Å². The van der Waals surface area contributed by atoms with Crippen LogP contribution in [0.1, 0.15) is 43.2 Å². The molecule has 0 N–H and O–H groups in total. The van der Waals surface area contributed by atoms with Crippen molar-refractivity contribution in [1.29, 1.82) is 0 Å². The number of hydrogen-bond acceptors (Lipinski definition) is 1. The van der Waals surface area contributed by atoms with Crippen LogP contribution in [0.5, 0.6) is 0 Å². The first-order valence-corrected chi connectivity index (χ1v) is 5.20. The third kappa shape index (κ3) is 1.90. The lowest BCUT2D eigenvalue weighted by molar-refractivity contribution is 0.929. The summed E-state index contributed by atoms with van der Waals surface area (Å²) in [4.78, 5) is 4.48. The van der Waals surface area contributed by atoms with E-state index in [0.29, 0.717) is 0 Å². The summed E-state index contributed by atoms with van der Waals surface area (Å²) < 4.78 is 0. The van der Waals surface area contributed by atoms with Gasteiger partial charge < -0.3 is 0 Å². The lowest BCUT2D eigenvalue weighted by Gasteiger charge is -2.12. The van der Waals surface area contributed by atoms with E-state index < -0.39 is 0 Å². The van der Waals surface area contributed by atoms with Gasteiger partial charge in [-0.2, -0.15) is 0 Å². The van der Waals surface area contributed by atoms with Crippen LogP contribution in [0.4, 0.5) is 0 Å². The van der Waals surface area contributed by atoms with Crippen LogP contribution in [0.2, 0.25) is 0 Å². The first-order valence-electron chi connectivity index (χ1n) is 5.20. The van der Waals surface area contributed by atoms with Crippen molar-refractivity contribution in [3.05, 3.63) is 28.6 Å². The van der Waals surface area contributed by atoms with Gasteiger partial charge in [0.2, 0.25) is 0 Å². The van der Waals surface area contributed by atoms with Gasteiger partial charge in [0.1, 0.15) is 0 Å². The summed E-state index contributed by atoms with van der Waals surface area (Å²) in [5, 5.41) is 0. The van der Waals surface area contributed by atoms with Gasteiger partial charge in [0.05, 0.1) is 0 Å². The number of rotatable bonds is 3. The molecule has 1 rings (SSSR count). The predicted octanol–water partition coefficient (Wildman–Crippen LogP) is 3.08. The molecule has 0 unspecified atom stereocenters. The Morgan fingerprint density at radius 1 is 1.08 bits per heavy atom. The second-order valence-corrected chi connectivity index (χ2v) is 3.39. The first-order chi connectivity index (χ1) is 6.24. The van der Waals surface area contributed by atoms with E-state index in [-0.39, 0.29) is 0 Å². The average Bonchev–Trinajstić information content (AvgIpc) is 2.17. The Bertz CT molecular complexity index is 289. The van der Waals surface area contributed by atoms with Crippen molar-refractivity contribution in [2.75, 3.05) is 0 Å². The molecule has 1 heteroatoms. The summed E-state index contributed by atoms with van der Waals surface area (Å²) in [6.07, 6.45) is 5.32. The van der Waals surface area contributed by atoms with E-state index in [0.717, 1.165) is 19.3 Å². The largest absolute Gasteiger partial charge is 0.261 e. The lowest BCUT2D eigenvalue weighted by Crippen LogP contribution is -2.01. The summed E-state index contributed by atoms with van der Waals surface area (Å²) >= 11 is 0. The molecule has 0 atom stereocenters. The topological polar surface area (TPSA) is 12.9 Å². The van der Waals surface area contributed by atoms with E-state index in [4.69, 9.17) is 0 Å². The number of aromatic nitrogens is 1. The summed E-state index contributed by atoms with van der Waals surface area (Å²) in [7, 11) is 0. The fraction of sp³-hybridized carbons (Fsp3) is 0.583. The van der Waals surface area contributed by atoms with Crippen LogP contribution < -0.4 is 0 Å². The van der Waals surface area contributed by atoms with Gasteiger partial charge >= 0.3 is 0 Å². The van der Waals surface area contributed by atoms with Gasteiger partial charge in [-0.25, -0.2) is 0 Å². The number of nitrogens with zero attached hydrogens (tertiary/aromatic N) is 1. The molecule has 0 bridgehead atoms. The smallest absolute Gasteiger partial charge is 0.0432 e. The molecule has 1 aromatic heterocycles. The van der Waals surface area contributed by atoms with Crippen molar-refractivity contribution in [1.82, 2.24) is 4.98 Å². The molecule has 1 nitrogen and oxygen atoms in total. The van der Waals surface area contributed by atoms with Crippen LogP contribution in [0, 0.1) is 6.92 Å². The van der Waals surface area contributed by atoms with Crippen molar-refractivity contribution in [3.63, 3.8) is 0 Å². The highest BCUT2D eigenvalue weighted by molar-refractivity contribution is 5.35. The van der Waals surface area contributed by atoms with E-state index >= 15 is 0 Å². The molecule has 0 saturated carbocycles. The number of hydrogen-bond donors (Lipinski definition) is 0. The Balaban J connectivity index is 3.23. The maximum Gasteiger partial charge on any atom is 0.0432 e. The van der Waals surface area contributed by atoms with Crippen molar-refractivity contribution in [2.45, 2.75) is 47.0 Å². The van der Waals surface area contributed by atoms with Crippen molar-refractivity contribution in [2.24, 2.45) is 0 Å². The summed E-state index contributed by atoms with van der Waals surface area (Å²) in [5.41, 5.74) is 5.59. The number of pyridine rings is 1. The Morgan fingerprint density at radius 2 is 1.77 bits per heavy atom. The fourth-order valence-electron chi connectivity index (χ4n) is 1.90. The molecule has 72 valence electrons. The van der Waals surface area contributed by atoms with Crippen LogP contribution in [0.25, 0.3) is 0 Å². The summed E-state index contributed by atoms with van der Waals surface area (Å²) in [6.45, 7) is 8.78. The quantitative estimate of drug-likeness (QED) is 0.691. The molecule has 13 heavy (non-hydrogen) atoms. The highest BCUT2D eigenvalue weighted by Gasteiger charge is 2.06. The van der Waals surface area contributed by atoms with E-state index in [1.165, 1.54) is 22.4 Å². The molecule has 1 heterocycles. The van der Waals surface area contributed by atoms with Crippen LogP contribution in [0.15, 0.2) is 6.20 Å². The zero-order valence-corrected chi connectivity index (χ0v) is 9.15. The molecule has 0 radical (unpaired) electrons. The maximum atomic E-state index is 4.48. The van der Waals surface area contributed by atoms with Crippen LogP contribution >= 0.6 is 0 Å². The van der Waals surface area contributed by atoms with Crippen LogP contribution in [-0.2, 0) is 19.3 Å². The molecule has 0 aliphatic rings. The highest BCUT2D eigenvalue weighted by atomic mass is 14.7. The molecule has 0 aliphatic heterocycles. The molecule has 0 aromatic carbocycles. The summed E-state index contributed by atoms with van der Waals surface area (Å²) in [5.74, 6) is 0. The van der Waals surface area contributed by atoms with Gasteiger partial charge in [-0.15, -0.1) is 0 Å². The third-order valence-electron chi connectivity index (χ3n) is 2.72. The zero-order chi connectivity index (χ0) is 9.84. The van der Waals surface area contributed by atoms with Gasteiger partial charge in [0, 0.05) is 11.9 Å². The molecule has 0 saturated heterocycles. The second kappa shape index (κ2) is 4.40. The Morgan fingerprint density at radius 3 is 2.23 bits per heavy atom. The molecule has 0 spiro atoms. The molecule has 0 aliphatic carbocycles. The molecule has 1 aromatic rings. The minimum Gasteiger partial charge on any atom is -0.261 e. The predicted molar refractivity (Wildman–Crippen MR) is 57.1 cm³/mol. The standard InChI is InChI=1S/C12H19N/c1-5-10-8-13-12(7-3)9(4)11(10)6-2/h8H,5-7H2,1-4H3. The van der Waals surface area contributed by atoms with Crippen LogP contribution in [-0.4, -0.2) is 4.98 Å². The highest BCUT2D eigenvalue weighted by Crippen LogP contribution is 2.17. The van der Waals surface area contributed by atoms with E-state index in [2.05, 4.69) is 32.7 Å². The van der Waals surface area contributed by atoms with Gasteiger partial charge in [0.15, 0.2) is 0 Å². The van der Waals surface area contributed by atoms with Crippen molar-refractivity contribution >= 4 is 0 Å². The molecule has 0 amide bonds. The van der Waals surface area contributed by atoms with Crippen LogP contribution in [0.3, 0.4) is 0 Å². The molecule has 0 fully saturated rings. The minimum absolute atomic E-state index is 1.04. The normalized spacial score (nSPS) is 10.5. The SMILES string of the molecule is CCc1cnc(CC)c(C)c1CC. The van der Waals surface area contributed by atoms with Gasteiger partial charge in [-0.05, 0) is 42.9 Å². The Kier molecular flexibility index (Phi) is 3.47. The molecular weight excluding hydrogens is 158 g/mol. The van der Waals surface area contributed by atoms with Gasteiger partial charge in [-0.3, -0.25) is 4.98 Å². The minimum atomic E-state index is 1.04. The maximum absolute atomic E-state index is 4.48. The number of aryl methyl sites for hydroxylation is 2. The van der Waals surface area contributed by atoms with Crippen molar-refractivity contribution in [3.8, 4) is 0 Å². The second-order valence-electron chi connectivity index (χ2n) is 3.39. The average molecular weight is 177 g/mol. The van der Waals surface area contributed by atoms with E-state index in [1.54, 1.807) is 0 Å². The van der Waals surface area contributed by atoms with Gasteiger partial charge in [0.25, 0.3) is 0 Å². The Hall–Kier alpha value is -0.850. The fourth-order valence-corrected chi connectivity index (χ4v) is 1.90. The summed E-state index contributed by atoms with van der Waals surface area (Å²) in [6, 6.07) is 0. The zero-order valence-electron chi connectivity index (χ0n) is 9.15. The molecular formula is C12H19N. The van der Waals surface area contributed by atoms with Gasteiger partial charge in [-0.1, -0.05) is 20.8 Å². The third-order valence-corrected chi connectivity index (χ3v) is 2.72. The monoisotopic (exact) mass is 177 g/mol. The lowest BCUT2D eigenvalue weighted by atomic mass is 9.98. The van der Waals surface area contributed by atoms with E-state index in [1.807, 2.05) is 6.20 Å². The Labute approximate surface area is 81.2 Å².